The van der Waals surface area contributed by atoms with Crippen molar-refractivity contribution < 1.29 is 9.15 Å². The van der Waals surface area contributed by atoms with Crippen LogP contribution in [0.3, 0.4) is 0 Å². The molecule has 0 radical (unpaired) electrons. The Morgan fingerprint density at radius 2 is 2.00 bits per heavy atom. The molecule has 2 N–H and O–H groups in total. The van der Waals surface area contributed by atoms with Crippen LogP contribution in [-0.2, 0) is 6.42 Å². The topological polar surface area (TPSA) is 48.4 Å². The van der Waals surface area contributed by atoms with E-state index in [2.05, 4.69) is 26.0 Å². The molecule has 0 bridgehead atoms. The quantitative estimate of drug-likeness (QED) is 0.875. The molecule has 3 nitrogen and oxygen atoms in total. The third kappa shape index (κ3) is 3.23. The average molecular weight is 273 g/mol. The Morgan fingerprint density at radius 3 is 2.60 bits per heavy atom. The van der Waals surface area contributed by atoms with Crippen molar-refractivity contribution in [1.29, 1.82) is 0 Å². The van der Waals surface area contributed by atoms with Gasteiger partial charge in [0.05, 0.1) is 12.9 Å². The summed E-state index contributed by atoms with van der Waals surface area (Å²) in [4.78, 5) is 0. The van der Waals surface area contributed by atoms with Crippen LogP contribution in [0.25, 0.3) is 0 Å². The number of nitrogens with two attached hydrogens (primary N) is 1. The maximum Gasteiger partial charge on any atom is 0.123 e. The number of furan rings is 1. The van der Waals surface area contributed by atoms with Crippen molar-refractivity contribution in [1.82, 2.24) is 0 Å². The first-order valence-corrected chi connectivity index (χ1v) is 7.12. The van der Waals surface area contributed by atoms with Crippen LogP contribution in [0.1, 0.15) is 35.3 Å². The van der Waals surface area contributed by atoms with Gasteiger partial charge in [-0.1, -0.05) is 6.07 Å². The lowest BCUT2D eigenvalue weighted by molar-refractivity contribution is 0.333. The molecule has 0 aliphatic rings. The van der Waals surface area contributed by atoms with Gasteiger partial charge in [0, 0.05) is 12.3 Å². The summed E-state index contributed by atoms with van der Waals surface area (Å²) in [7, 11) is 0. The highest BCUT2D eigenvalue weighted by Gasteiger charge is 2.18. The third-order valence-corrected chi connectivity index (χ3v) is 3.68. The lowest BCUT2D eigenvalue weighted by atomic mass is 9.91. The predicted molar refractivity (Wildman–Crippen MR) is 81.3 cm³/mol. The molecular weight excluding hydrogens is 250 g/mol. The van der Waals surface area contributed by atoms with E-state index in [0.717, 1.165) is 17.9 Å². The number of hydrogen-bond donors (Lipinski definition) is 1. The summed E-state index contributed by atoms with van der Waals surface area (Å²) in [6.45, 7) is 7.46. The Morgan fingerprint density at radius 1 is 1.25 bits per heavy atom. The summed E-state index contributed by atoms with van der Waals surface area (Å²) in [6, 6.07) is 8.20. The molecule has 0 aliphatic carbocycles. The zero-order valence-corrected chi connectivity index (χ0v) is 12.5. The molecule has 1 heterocycles. The molecule has 1 atom stereocenters. The minimum Gasteiger partial charge on any atom is -0.494 e. The Labute approximate surface area is 120 Å². The van der Waals surface area contributed by atoms with Gasteiger partial charge < -0.3 is 14.9 Å². The molecule has 0 fully saturated rings. The first kappa shape index (κ1) is 14.7. The maximum absolute atomic E-state index is 5.98. The first-order chi connectivity index (χ1) is 9.65. The molecule has 0 saturated heterocycles. The van der Waals surface area contributed by atoms with Gasteiger partial charge in [0.25, 0.3) is 0 Å². The van der Waals surface area contributed by atoms with Crippen LogP contribution >= 0.6 is 0 Å². The lowest BCUT2D eigenvalue weighted by Crippen LogP contribution is -2.16. The summed E-state index contributed by atoms with van der Waals surface area (Å²) >= 11 is 0. The summed E-state index contributed by atoms with van der Waals surface area (Å²) in [5.41, 5.74) is 9.66. The highest BCUT2D eigenvalue weighted by atomic mass is 16.5. The van der Waals surface area contributed by atoms with Gasteiger partial charge >= 0.3 is 0 Å². The molecule has 108 valence electrons. The fourth-order valence-corrected chi connectivity index (χ4v) is 2.40. The zero-order chi connectivity index (χ0) is 14.5. The molecule has 1 aromatic heterocycles. The van der Waals surface area contributed by atoms with Crippen LogP contribution < -0.4 is 10.5 Å². The van der Waals surface area contributed by atoms with E-state index in [4.69, 9.17) is 14.9 Å². The average Bonchev–Trinajstić information content (AvgIpc) is 2.93. The van der Waals surface area contributed by atoms with Crippen molar-refractivity contribution in [2.75, 3.05) is 13.2 Å². The number of aryl methyl sites for hydroxylation is 2. The molecule has 1 unspecified atom stereocenters. The smallest absolute Gasteiger partial charge is 0.123 e. The minimum atomic E-state index is 0.210. The molecule has 2 aromatic rings. The maximum atomic E-state index is 5.98. The summed E-state index contributed by atoms with van der Waals surface area (Å²) in [5, 5.41) is 0. The van der Waals surface area contributed by atoms with Crippen LogP contribution in [0.5, 0.6) is 5.75 Å². The van der Waals surface area contributed by atoms with Gasteiger partial charge in [-0.05, 0) is 62.2 Å². The standard InChI is InChI=1S/C17H23NO2/c1-4-19-17-9-13(3)12(2)8-16(17)14(11-18)10-15-6-5-7-20-15/h5-9,14H,4,10-11,18H2,1-3H3. The van der Waals surface area contributed by atoms with E-state index in [1.165, 1.54) is 16.7 Å². The van der Waals surface area contributed by atoms with Gasteiger partial charge in [0.2, 0.25) is 0 Å². The summed E-state index contributed by atoms with van der Waals surface area (Å²) in [6.07, 6.45) is 2.50. The third-order valence-electron chi connectivity index (χ3n) is 3.68. The molecule has 1 aromatic carbocycles. The Kier molecular flexibility index (Phi) is 4.85. The Bertz CT molecular complexity index is 546. The molecule has 0 spiro atoms. The molecule has 0 amide bonds. The Hall–Kier alpha value is -1.74. The van der Waals surface area contributed by atoms with Gasteiger partial charge in [-0.25, -0.2) is 0 Å². The fraction of sp³-hybridized carbons (Fsp3) is 0.412. The van der Waals surface area contributed by atoms with E-state index in [-0.39, 0.29) is 5.92 Å². The molecule has 20 heavy (non-hydrogen) atoms. The van der Waals surface area contributed by atoms with E-state index in [1.807, 2.05) is 19.1 Å². The van der Waals surface area contributed by atoms with Crippen molar-refractivity contribution in [2.45, 2.75) is 33.1 Å². The Balaban J connectivity index is 2.34. The number of ether oxygens (including phenoxy) is 1. The van der Waals surface area contributed by atoms with Gasteiger partial charge in [0.1, 0.15) is 11.5 Å². The second-order valence-electron chi connectivity index (χ2n) is 5.12. The van der Waals surface area contributed by atoms with Crippen LogP contribution in [0.15, 0.2) is 34.9 Å². The molecule has 2 rings (SSSR count). The number of rotatable bonds is 6. The van der Waals surface area contributed by atoms with Crippen molar-refractivity contribution >= 4 is 0 Å². The van der Waals surface area contributed by atoms with Crippen molar-refractivity contribution in [3.8, 4) is 5.75 Å². The minimum absolute atomic E-state index is 0.210. The van der Waals surface area contributed by atoms with Crippen molar-refractivity contribution in [3.05, 3.63) is 53.0 Å². The molecule has 0 saturated carbocycles. The van der Waals surface area contributed by atoms with Gasteiger partial charge in [-0.3, -0.25) is 0 Å². The van der Waals surface area contributed by atoms with Crippen LogP contribution in [0.4, 0.5) is 0 Å². The van der Waals surface area contributed by atoms with Gasteiger partial charge in [0.15, 0.2) is 0 Å². The second-order valence-corrected chi connectivity index (χ2v) is 5.12. The van der Waals surface area contributed by atoms with E-state index in [1.54, 1.807) is 6.26 Å². The highest BCUT2D eigenvalue weighted by molar-refractivity contribution is 5.44. The zero-order valence-electron chi connectivity index (χ0n) is 12.5. The van der Waals surface area contributed by atoms with E-state index < -0.39 is 0 Å². The highest BCUT2D eigenvalue weighted by Crippen LogP contribution is 2.31. The first-order valence-electron chi connectivity index (χ1n) is 7.12. The normalized spacial score (nSPS) is 12.4. The second kappa shape index (κ2) is 6.62. The van der Waals surface area contributed by atoms with Gasteiger partial charge in [-0.2, -0.15) is 0 Å². The fourth-order valence-electron chi connectivity index (χ4n) is 2.40. The van der Waals surface area contributed by atoms with Crippen molar-refractivity contribution in [2.24, 2.45) is 5.73 Å². The number of benzene rings is 1. The van der Waals surface area contributed by atoms with Crippen molar-refractivity contribution in [3.63, 3.8) is 0 Å². The SMILES string of the molecule is CCOc1cc(C)c(C)cc1C(CN)Cc1ccco1. The molecule has 0 aliphatic heterocycles. The van der Waals surface area contributed by atoms with Gasteiger partial charge in [-0.15, -0.1) is 0 Å². The number of hydrogen-bond acceptors (Lipinski definition) is 3. The molecule has 3 heteroatoms. The summed E-state index contributed by atoms with van der Waals surface area (Å²) < 4.78 is 11.2. The van der Waals surface area contributed by atoms with E-state index in [9.17, 15) is 0 Å². The summed E-state index contributed by atoms with van der Waals surface area (Å²) in [5.74, 6) is 2.11. The predicted octanol–water partition coefficient (Wildman–Crippen LogP) is 3.58. The van der Waals surface area contributed by atoms with Crippen LogP contribution in [-0.4, -0.2) is 13.2 Å². The van der Waals surface area contributed by atoms with E-state index in [0.29, 0.717) is 13.2 Å². The monoisotopic (exact) mass is 273 g/mol. The largest absolute Gasteiger partial charge is 0.494 e. The van der Waals surface area contributed by atoms with E-state index >= 15 is 0 Å². The van der Waals surface area contributed by atoms with Crippen LogP contribution in [0, 0.1) is 13.8 Å². The van der Waals surface area contributed by atoms with Crippen LogP contribution in [0.2, 0.25) is 0 Å². The molecular formula is C17H23NO2. The lowest BCUT2D eigenvalue weighted by Gasteiger charge is -2.20.